The first-order valence-electron chi connectivity index (χ1n) is 12.6. The number of nitrogens with zero attached hydrogens (tertiary/aromatic N) is 4. The predicted molar refractivity (Wildman–Crippen MR) is 146 cm³/mol. The molecule has 39 heavy (non-hydrogen) atoms. The number of pyridine rings is 2. The minimum atomic E-state index is -0.697. The van der Waals surface area contributed by atoms with Crippen molar-refractivity contribution in [3.05, 3.63) is 118 Å². The number of carbonyl (C=O) groups excluding carboxylic acids is 2. The topological polar surface area (TPSA) is 104 Å². The van der Waals surface area contributed by atoms with E-state index in [1.54, 1.807) is 60.2 Å². The number of hydrogen-bond donors (Lipinski definition) is 0. The minimum Gasteiger partial charge on any atom is -0.494 e. The number of hydrogen-bond acceptors (Lipinski definition) is 6. The van der Waals surface area contributed by atoms with E-state index < -0.39 is 11.9 Å². The number of carbonyl (C=O) groups is 2. The molecule has 3 heterocycles. The number of benzene rings is 2. The van der Waals surface area contributed by atoms with E-state index in [1.165, 1.54) is 10.5 Å². The fourth-order valence-electron chi connectivity index (χ4n) is 4.29. The van der Waals surface area contributed by atoms with Gasteiger partial charge in [0.1, 0.15) is 22.6 Å². The average molecular weight is 523 g/mol. The molecule has 5 rings (SSSR count). The smallest absolute Gasteiger partial charge is 0.341 e. The van der Waals surface area contributed by atoms with Crippen LogP contribution in [0.15, 0.2) is 94.8 Å². The van der Waals surface area contributed by atoms with Crippen LogP contribution < -0.4 is 15.8 Å². The summed E-state index contributed by atoms with van der Waals surface area (Å²) < 4.78 is 13.8. The van der Waals surface area contributed by atoms with Gasteiger partial charge in [-0.1, -0.05) is 36.4 Å². The molecule has 0 atom stereocenters. The van der Waals surface area contributed by atoms with Crippen LogP contribution in [0.2, 0.25) is 0 Å². The van der Waals surface area contributed by atoms with Gasteiger partial charge in [0.25, 0.3) is 11.5 Å². The van der Waals surface area contributed by atoms with Crippen molar-refractivity contribution in [2.75, 3.05) is 13.2 Å². The number of esters is 1. The molecule has 9 nitrogen and oxygen atoms in total. The number of fused-ring (bicyclic) bond motifs is 2. The second kappa shape index (κ2) is 11.1. The van der Waals surface area contributed by atoms with Gasteiger partial charge in [0.15, 0.2) is 5.49 Å². The summed E-state index contributed by atoms with van der Waals surface area (Å²) in [6.07, 6.45) is 1.61. The van der Waals surface area contributed by atoms with Crippen molar-refractivity contribution in [1.29, 1.82) is 0 Å². The first-order valence-corrected chi connectivity index (χ1v) is 12.6. The Morgan fingerprint density at radius 2 is 1.67 bits per heavy atom. The molecule has 0 aliphatic carbocycles. The SMILES string of the molecule is CCOC(=O)c1cc2c(=O)n3ccccc3nc2n(Cc2ccccc2)c1=NC(=O)c1ccc(OCC)cc1. The van der Waals surface area contributed by atoms with Crippen molar-refractivity contribution in [2.24, 2.45) is 4.99 Å². The lowest BCUT2D eigenvalue weighted by atomic mass is 10.1. The third kappa shape index (κ3) is 5.19. The number of aromatic nitrogens is 3. The van der Waals surface area contributed by atoms with Crippen molar-refractivity contribution in [3.8, 4) is 5.75 Å². The summed E-state index contributed by atoms with van der Waals surface area (Å²) in [5.74, 6) is -0.637. The van der Waals surface area contributed by atoms with Crippen molar-refractivity contribution < 1.29 is 19.1 Å². The predicted octanol–water partition coefficient (Wildman–Crippen LogP) is 4.01. The zero-order valence-electron chi connectivity index (χ0n) is 21.5. The molecule has 0 aliphatic heterocycles. The summed E-state index contributed by atoms with van der Waals surface area (Å²) in [6, 6.07) is 22.7. The molecule has 0 fully saturated rings. The molecule has 196 valence electrons. The first kappa shape index (κ1) is 25.6. The standard InChI is InChI=1S/C30H26N4O5/c1-3-38-22-15-13-21(14-16-22)28(35)32-27-24(30(37)39-4-2)18-23-26(34(27)19-20-10-6-5-7-11-20)31-25-12-8-9-17-33(25)29(23)36/h5-18H,3-4,19H2,1-2H3. The molecule has 0 aliphatic rings. The average Bonchev–Trinajstić information content (AvgIpc) is 2.95. The molecule has 9 heteroatoms. The highest BCUT2D eigenvalue weighted by Crippen LogP contribution is 2.15. The number of ether oxygens (including phenoxy) is 2. The Hall–Kier alpha value is -5.05. The van der Waals surface area contributed by atoms with E-state index in [1.807, 2.05) is 37.3 Å². The highest BCUT2D eigenvalue weighted by molar-refractivity contribution is 5.97. The highest BCUT2D eigenvalue weighted by Gasteiger charge is 2.20. The molecule has 2 aromatic carbocycles. The van der Waals surface area contributed by atoms with Crippen molar-refractivity contribution in [3.63, 3.8) is 0 Å². The molecule has 5 aromatic rings. The molecular formula is C30H26N4O5. The molecule has 3 aromatic heterocycles. The zero-order chi connectivity index (χ0) is 27.4. The zero-order valence-corrected chi connectivity index (χ0v) is 21.5. The van der Waals surface area contributed by atoms with Crippen molar-refractivity contribution in [1.82, 2.24) is 14.0 Å². The Morgan fingerprint density at radius 3 is 2.38 bits per heavy atom. The molecule has 0 spiro atoms. The summed E-state index contributed by atoms with van der Waals surface area (Å²) in [5.41, 5.74) is 1.58. The van der Waals surface area contributed by atoms with Crippen LogP contribution >= 0.6 is 0 Å². The van der Waals surface area contributed by atoms with E-state index in [-0.39, 0.29) is 35.1 Å². The van der Waals surface area contributed by atoms with Gasteiger partial charge in [0.2, 0.25) is 0 Å². The Labute approximate surface area is 223 Å². The first-order chi connectivity index (χ1) is 19.0. The van der Waals surface area contributed by atoms with Gasteiger partial charge in [0, 0.05) is 11.8 Å². The minimum absolute atomic E-state index is 0.00523. The maximum absolute atomic E-state index is 13.5. The van der Waals surface area contributed by atoms with E-state index in [9.17, 15) is 14.4 Å². The molecule has 0 unspecified atom stereocenters. The number of rotatable bonds is 7. The molecule has 0 saturated heterocycles. The monoisotopic (exact) mass is 522 g/mol. The van der Waals surface area contributed by atoms with Crippen LogP contribution in [-0.4, -0.2) is 39.0 Å². The fourth-order valence-corrected chi connectivity index (χ4v) is 4.29. The Kier molecular flexibility index (Phi) is 7.31. The maximum atomic E-state index is 13.5. The van der Waals surface area contributed by atoms with Gasteiger partial charge in [-0.05, 0) is 61.9 Å². The van der Waals surface area contributed by atoms with Gasteiger partial charge in [-0.3, -0.25) is 14.0 Å². The summed E-state index contributed by atoms with van der Waals surface area (Å²) in [5, 5.41) is 0.199. The van der Waals surface area contributed by atoms with Crippen LogP contribution in [0.4, 0.5) is 0 Å². The third-order valence-electron chi connectivity index (χ3n) is 6.09. The molecular weight excluding hydrogens is 496 g/mol. The maximum Gasteiger partial charge on any atom is 0.341 e. The fraction of sp³-hybridized carbons (Fsp3) is 0.167. The van der Waals surface area contributed by atoms with Gasteiger partial charge in [-0.15, -0.1) is 0 Å². The normalized spacial score (nSPS) is 11.6. The quantitative estimate of drug-likeness (QED) is 0.236. The van der Waals surface area contributed by atoms with E-state index >= 15 is 0 Å². The van der Waals surface area contributed by atoms with Crippen LogP contribution in [0.3, 0.4) is 0 Å². The van der Waals surface area contributed by atoms with E-state index in [0.717, 1.165) is 5.56 Å². The van der Waals surface area contributed by atoms with Gasteiger partial charge in [0.05, 0.1) is 25.1 Å². The Bertz CT molecular complexity index is 1810. The Morgan fingerprint density at radius 1 is 0.923 bits per heavy atom. The highest BCUT2D eigenvalue weighted by atomic mass is 16.5. The largest absolute Gasteiger partial charge is 0.494 e. The summed E-state index contributed by atoms with van der Waals surface area (Å²) in [7, 11) is 0. The molecule has 0 N–H and O–H groups in total. The second-order valence-corrected chi connectivity index (χ2v) is 8.63. The van der Waals surface area contributed by atoms with Gasteiger partial charge in [-0.2, -0.15) is 4.99 Å². The molecule has 0 saturated carbocycles. The molecule has 0 bridgehead atoms. The van der Waals surface area contributed by atoms with Gasteiger partial charge < -0.3 is 14.0 Å². The van der Waals surface area contributed by atoms with Crippen LogP contribution in [0, 0.1) is 0 Å². The molecule has 1 amide bonds. The van der Waals surface area contributed by atoms with Crippen LogP contribution in [0.25, 0.3) is 16.7 Å². The second-order valence-electron chi connectivity index (χ2n) is 8.63. The lowest BCUT2D eigenvalue weighted by molar-refractivity contribution is 0.0523. The van der Waals surface area contributed by atoms with Gasteiger partial charge >= 0.3 is 5.97 Å². The third-order valence-corrected chi connectivity index (χ3v) is 6.09. The number of amides is 1. The summed E-state index contributed by atoms with van der Waals surface area (Å²) >= 11 is 0. The van der Waals surface area contributed by atoms with E-state index in [2.05, 4.69) is 4.99 Å². The van der Waals surface area contributed by atoms with E-state index in [0.29, 0.717) is 29.2 Å². The van der Waals surface area contributed by atoms with Gasteiger partial charge in [-0.25, -0.2) is 9.78 Å². The lowest BCUT2D eigenvalue weighted by Gasteiger charge is -2.15. The Balaban J connectivity index is 1.83. The van der Waals surface area contributed by atoms with Crippen LogP contribution in [0.1, 0.15) is 40.1 Å². The summed E-state index contributed by atoms with van der Waals surface area (Å²) in [4.78, 5) is 49.2. The van der Waals surface area contributed by atoms with Crippen LogP contribution in [-0.2, 0) is 11.3 Å². The van der Waals surface area contributed by atoms with Crippen molar-refractivity contribution >= 4 is 28.6 Å². The van der Waals surface area contributed by atoms with Crippen LogP contribution in [0.5, 0.6) is 5.75 Å². The molecule has 0 radical (unpaired) electrons. The lowest BCUT2D eigenvalue weighted by Crippen LogP contribution is -2.33. The summed E-state index contributed by atoms with van der Waals surface area (Å²) in [6.45, 7) is 4.37. The van der Waals surface area contributed by atoms with E-state index in [4.69, 9.17) is 14.5 Å². The van der Waals surface area contributed by atoms with Crippen molar-refractivity contribution in [2.45, 2.75) is 20.4 Å².